The van der Waals surface area contributed by atoms with Crippen molar-refractivity contribution in [3.05, 3.63) is 29.3 Å². The van der Waals surface area contributed by atoms with Gasteiger partial charge in [0.2, 0.25) is 0 Å². The molecule has 0 fully saturated rings. The average molecular weight is 184 g/mol. The molecule has 0 saturated carbocycles. The largest absolute Gasteiger partial charge is 0.492 e. The second kappa shape index (κ2) is 5.04. The standard InChI is InChI=1S/C10H12ClO/c1-2-3-8-12-10-7-5-4-6-9(10)11/h4,6-7H,2-3,8H2,1H3. The van der Waals surface area contributed by atoms with Crippen molar-refractivity contribution in [1.82, 2.24) is 0 Å². The van der Waals surface area contributed by atoms with Crippen LogP contribution in [0.4, 0.5) is 0 Å². The number of hydrogen-bond acceptors (Lipinski definition) is 1. The molecule has 0 spiro atoms. The maximum Gasteiger partial charge on any atom is 0.138 e. The van der Waals surface area contributed by atoms with Gasteiger partial charge in [-0.25, -0.2) is 0 Å². The first-order valence-electron chi connectivity index (χ1n) is 4.13. The van der Waals surface area contributed by atoms with Crippen molar-refractivity contribution in [3.63, 3.8) is 0 Å². The van der Waals surface area contributed by atoms with Gasteiger partial charge in [0.15, 0.2) is 0 Å². The highest BCUT2D eigenvalue weighted by molar-refractivity contribution is 6.32. The monoisotopic (exact) mass is 183 g/mol. The topological polar surface area (TPSA) is 9.23 Å². The molecule has 1 rings (SSSR count). The molecule has 12 heavy (non-hydrogen) atoms. The summed E-state index contributed by atoms with van der Waals surface area (Å²) in [6.45, 7) is 2.86. The van der Waals surface area contributed by atoms with E-state index in [1.54, 1.807) is 18.2 Å². The van der Waals surface area contributed by atoms with Crippen molar-refractivity contribution in [2.45, 2.75) is 19.8 Å². The second-order valence-corrected chi connectivity index (χ2v) is 2.97. The van der Waals surface area contributed by atoms with Crippen molar-refractivity contribution in [1.29, 1.82) is 0 Å². The smallest absolute Gasteiger partial charge is 0.138 e. The summed E-state index contributed by atoms with van der Waals surface area (Å²) in [7, 11) is 0. The number of rotatable bonds is 4. The van der Waals surface area contributed by atoms with Gasteiger partial charge in [-0.05, 0) is 24.6 Å². The van der Waals surface area contributed by atoms with Gasteiger partial charge in [-0.3, -0.25) is 0 Å². The summed E-state index contributed by atoms with van der Waals surface area (Å²) < 4.78 is 5.41. The summed E-state index contributed by atoms with van der Waals surface area (Å²) in [6.07, 6.45) is 2.19. The lowest BCUT2D eigenvalue weighted by Crippen LogP contribution is -1.96. The fourth-order valence-electron chi connectivity index (χ4n) is 0.833. The molecular weight excluding hydrogens is 172 g/mol. The fraction of sp³-hybridized carbons (Fsp3) is 0.400. The van der Waals surface area contributed by atoms with E-state index in [4.69, 9.17) is 16.3 Å². The van der Waals surface area contributed by atoms with Crippen molar-refractivity contribution < 1.29 is 4.74 Å². The average Bonchev–Trinajstić information content (AvgIpc) is 2.09. The van der Waals surface area contributed by atoms with E-state index in [1.807, 2.05) is 0 Å². The summed E-state index contributed by atoms with van der Waals surface area (Å²) in [5.74, 6) is 0.729. The van der Waals surface area contributed by atoms with Crippen LogP contribution in [0.25, 0.3) is 0 Å². The molecule has 0 aliphatic heterocycles. The van der Waals surface area contributed by atoms with E-state index in [9.17, 15) is 0 Å². The Morgan fingerprint density at radius 1 is 1.58 bits per heavy atom. The van der Waals surface area contributed by atoms with Gasteiger partial charge in [0.05, 0.1) is 11.6 Å². The minimum atomic E-state index is 0.657. The Hall–Kier alpha value is -0.690. The predicted octanol–water partition coefficient (Wildman–Crippen LogP) is 3.32. The van der Waals surface area contributed by atoms with Gasteiger partial charge in [0.1, 0.15) is 5.75 Å². The number of ether oxygens (including phenoxy) is 1. The normalized spacial score (nSPS) is 9.83. The lowest BCUT2D eigenvalue weighted by atomic mass is 10.3. The third-order valence-electron chi connectivity index (χ3n) is 1.53. The van der Waals surface area contributed by atoms with Gasteiger partial charge in [0, 0.05) is 0 Å². The first-order valence-corrected chi connectivity index (χ1v) is 4.50. The summed E-state index contributed by atoms with van der Waals surface area (Å²) in [5.41, 5.74) is 0. The van der Waals surface area contributed by atoms with Crippen LogP contribution in [0.3, 0.4) is 0 Å². The molecule has 1 aromatic carbocycles. The molecule has 0 saturated heterocycles. The van der Waals surface area contributed by atoms with E-state index in [0.29, 0.717) is 5.02 Å². The van der Waals surface area contributed by atoms with Gasteiger partial charge in [-0.1, -0.05) is 31.0 Å². The van der Waals surface area contributed by atoms with Crippen molar-refractivity contribution in [2.24, 2.45) is 0 Å². The molecule has 0 heterocycles. The number of hydrogen-bond donors (Lipinski definition) is 0. The van der Waals surface area contributed by atoms with E-state index in [-0.39, 0.29) is 0 Å². The molecule has 0 atom stereocenters. The Morgan fingerprint density at radius 2 is 2.42 bits per heavy atom. The summed E-state index contributed by atoms with van der Waals surface area (Å²) >= 11 is 5.86. The van der Waals surface area contributed by atoms with Gasteiger partial charge < -0.3 is 4.74 Å². The number of unbranched alkanes of at least 4 members (excludes halogenated alkanes) is 1. The third kappa shape index (κ3) is 2.74. The number of halogens is 1. The van der Waals surface area contributed by atoms with E-state index in [2.05, 4.69) is 13.0 Å². The molecule has 2 heteroatoms. The zero-order chi connectivity index (χ0) is 8.81. The lowest BCUT2D eigenvalue weighted by Gasteiger charge is -2.05. The Kier molecular flexibility index (Phi) is 3.95. The molecule has 0 amide bonds. The molecule has 0 unspecified atom stereocenters. The first-order chi connectivity index (χ1) is 5.84. The molecule has 1 nitrogen and oxygen atoms in total. The molecule has 1 radical (unpaired) electrons. The van der Waals surface area contributed by atoms with E-state index in [0.717, 1.165) is 25.2 Å². The zero-order valence-corrected chi connectivity index (χ0v) is 7.90. The Bertz CT molecular complexity index is 235. The molecule has 65 valence electrons. The molecule has 0 bridgehead atoms. The summed E-state index contributed by atoms with van der Waals surface area (Å²) in [6, 6.07) is 8.23. The van der Waals surface area contributed by atoms with Gasteiger partial charge >= 0.3 is 0 Å². The van der Waals surface area contributed by atoms with Crippen LogP contribution < -0.4 is 4.74 Å². The minimum absolute atomic E-state index is 0.657. The van der Waals surface area contributed by atoms with Crippen LogP contribution in [0, 0.1) is 6.07 Å². The minimum Gasteiger partial charge on any atom is -0.492 e. The predicted molar refractivity (Wildman–Crippen MR) is 50.7 cm³/mol. The van der Waals surface area contributed by atoms with Crippen LogP contribution in [-0.2, 0) is 0 Å². The van der Waals surface area contributed by atoms with Crippen LogP contribution in [0.15, 0.2) is 18.2 Å². The maximum absolute atomic E-state index is 5.86. The second-order valence-electron chi connectivity index (χ2n) is 2.56. The summed E-state index contributed by atoms with van der Waals surface area (Å²) in [5, 5.41) is 0.657. The van der Waals surface area contributed by atoms with Crippen LogP contribution in [0.2, 0.25) is 5.02 Å². The highest BCUT2D eigenvalue weighted by Gasteiger charge is 1.97. The summed E-state index contributed by atoms with van der Waals surface area (Å²) in [4.78, 5) is 0. The lowest BCUT2D eigenvalue weighted by molar-refractivity contribution is 0.309. The molecular formula is C10H12ClO. The van der Waals surface area contributed by atoms with Crippen molar-refractivity contribution >= 4 is 11.6 Å². The molecule has 0 aliphatic rings. The van der Waals surface area contributed by atoms with E-state index < -0.39 is 0 Å². The molecule has 1 aromatic rings. The first kappa shape index (κ1) is 9.40. The quantitative estimate of drug-likeness (QED) is 0.651. The fourth-order valence-corrected chi connectivity index (χ4v) is 1.01. The van der Waals surface area contributed by atoms with E-state index in [1.165, 1.54) is 0 Å². The number of benzene rings is 1. The zero-order valence-electron chi connectivity index (χ0n) is 7.14. The Morgan fingerprint density at radius 3 is 3.08 bits per heavy atom. The third-order valence-corrected chi connectivity index (χ3v) is 1.84. The van der Waals surface area contributed by atoms with Crippen molar-refractivity contribution in [2.75, 3.05) is 6.61 Å². The molecule has 0 aromatic heterocycles. The Labute approximate surface area is 78.3 Å². The molecule has 0 N–H and O–H groups in total. The van der Waals surface area contributed by atoms with Gasteiger partial charge in [-0.2, -0.15) is 0 Å². The van der Waals surface area contributed by atoms with Crippen molar-refractivity contribution in [3.8, 4) is 5.75 Å². The maximum atomic E-state index is 5.86. The SMILES string of the molecule is CCCCOc1c[c]ccc1Cl. The molecule has 0 aliphatic carbocycles. The van der Waals surface area contributed by atoms with Crippen LogP contribution in [-0.4, -0.2) is 6.61 Å². The van der Waals surface area contributed by atoms with Gasteiger partial charge in [0.25, 0.3) is 0 Å². The van der Waals surface area contributed by atoms with Crippen LogP contribution in [0.1, 0.15) is 19.8 Å². The van der Waals surface area contributed by atoms with Crippen LogP contribution >= 0.6 is 11.6 Å². The van der Waals surface area contributed by atoms with Crippen LogP contribution in [0.5, 0.6) is 5.75 Å². The van der Waals surface area contributed by atoms with E-state index >= 15 is 0 Å². The highest BCUT2D eigenvalue weighted by Crippen LogP contribution is 2.22. The highest BCUT2D eigenvalue weighted by atomic mass is 35.5. The van der Waals surface area contributed by atoms with Gasteiger partial charge in [-0.15, -0.1) is 0 Å². The Balaban J connectivity index is 2.46.